The van der Waals surface area contributed by atoms with Crippen molar-refractivity contribution >= 4 is 52.1 Å². The standard InChI is InChI=1S/C25H14ClF3N2O6S/c26-17-8-5-14(6-9-17)19(32)13-30-23(33)22(38-24(30)34)11-15-3-1-2-4-20(15)37-21-10-7-16(25(27,28)29)12-18(21)31(35)36/h1-12H,13H2/b22-11+. The molecule has 0 unspecified atom stereocenters. The molecule has 4 rings (SSSR count). The number of carbonyl (C=O) groups excluding carboxylic acids is 3. The van der Waals surface area contributed by atoms with E-state index in [-0.39, 0.29) is 21.8 Å². The van der Waals surface area contributed by atoms with Crippen LogP contribution in [0.25, 0.3) is 6.08 Å². The Labute approximate surface area is 221 Å². The lowest BCUT2D eigenvalue weighted by molar-refractivity contribution is -0.385. The highest BCUT2D eigenvalue weighted by Crippen LogP contribution is 2.40. The largest absolute Gasteiger partial charge is 0.449 e. The summed E-state index contributed by atoms with van der Waals surface area (Å²) in [4.78, 5) is 49.0. The van der Waals surface area contributed by atoms with E-state index in [9.17, 15) is 37.7 Å². The summed E-state index contributed by atoms with van der Waals surface area (Å²) >= 11 is 6.39. The Morgan fingerprint density at radius 3 is 2.39 bits per heavy atom. The summed E-state index contributed by atoms with van der Waals surface area (Å²) in [6, 6.07) is 13.7. The number of ketones is 1. The number of halogens is 4. The van der Waals surface area contributed by atoms with Crippen molar-refractivity contribution in [2.75, 3.05) is 6.54 Å². The van der Waals surface area contributed by atoms with Crippen LogP contribution in [0.2, 0.25) is 5.02 Å². The van der Waals surface area contributed by atoms with Gasteiger partial charge in [-0.3, -0.25) is 29.4 Å². The van der Waals surface area contributed by atoms with E-state index in [1.807, 2.05) is 0 Å². The van der Waals surface area contributed by atoms with Gasteiger partial charge < -0.3 is 4.74 Å². The fourth-order valence-electron chi connectivity index (χ4n) is 3.38. The van der Waals surface area contributed by atoms with Crippen molar-refractivity contribution in [1.29, 1.82) is 0 Å². The molecule has 1 saturated heterocycles. The van der Waals surface area contributed by atoms with Gasteiger partial charge in [0.1, 0.15) is 5.75 Å². The zero-order valence-electron chi connectivity index (χ0n) is 18.9. The minimum atomic E-state index is -4.79. The first kappa shape index (κ1) is 26.9. The molecule has 0 saturated carbocycles. The van der Waals surface area contributed by atoms with E-state index in [4.69, 9.17) is 16.3 Å². The molecule has 3 aromatic rings. The first-order chi connectivity index (χ1) is 17.9. The van der Waals surface area contributed by atoms with Gasteiger partial charge in [0, 0.05) is 22.2 Å². The maximum Gasteiger partial charge on any atom is 0.416 e. The van der Waals surface area contributed by atoms with Crippen molar-refractivity contribution in [3.63, 3.8) is 0 Å². The van der Waals surface area contributed by atoms with Crippen molar-refractivity contribution in [1.82, 2.24) is 4.90 Å². The van der Waals surface area contributed by atoms with E-state index in [1.54, 1.807) is 6.07 Å². The number of hydrogen-bond donors (Lipinski definition) is 0. The smallest absolute Gasteiger partial charge is 0.416 e. The van der Waals surface area contributed by atoms with E-state index in [2.05, 4.69) is 0 Å². The summed E-state index contributed by atoms with van der Waals surface area (Å²) < 4.78 is 44.6. The third kappa shape index (κ3) is 5.87. The van der Waals surface area contributed by atoms with Crippen molar-refractivity contribution in [3.8, 4) is 11.5 Å². The number of Topliss-reactive ketones (excluding diaryl/α,β-unsaturated/α-hetero) is 1. The summed E-state index contributed by atoms with van der Waals surface area (Å²) in [5.74, 6) is -1.69. The van der Waals surface area contributed by atoms with E-state index >= 15 is 0 Å². The predicted molar refractivity (Wildman–Crippen MR) is 133 cm³/mol. The van der Waals surface area contributed by atoms with Crippen LogP contribution in [0.3, 0.4) is 0 Å². The Hall–Kier alpha value is -4.16. The molecule has 1 heterocycles. The molecule has 0 aliphatic carbocycles. The van der Waals surface area contributed by atoms with E-state index in [0.29, 0.717) is 28.9 Å². The number of amides is 2. The number of thioether (sulfide) groups is 1. The maximum absolute atomic E-state index is 13.0. The Bertz CT molecular complexity index is 1490. The molecule has 1 aliphatic rings. The number of carbonyl (C=O) groups is 3. The number of imide groups is 1. The van der Waals surface area contributed by atoms with Gasteiger partial charge in [-0.2, -0.15) is 13.2 Å². The molecule has 1 fully saturated rings. The van der Waals surface area contributed by atoms with Crippen molar-refractivity contribution < 1.29 is 37.2 Å². The van der Waals surface area contributed by atoms with Crippen molar-refractivity contribution in [3.05, 3.63) is 103 Å². The molecular weight excluding hydrogens is 549 g/mol. The SMILES string of the molecule is O=C(CN1C(=O)S/C(=C/c2ccccc2Oc2ccc(C(F)(F)F)cc2[N+](=O)[O-])C1=O)c1ccc(Cl)cc1. The van der Waals surface area contributed by atoms with Crippen LogP contribution in [-0.4, -0.2) is 33.3 Å². The molecule has 2 amide bonds. The zero-order valence-corrected chi connectivity index (χ0v) is 20.5. The van der Waals surface area contributed by atoms with Gasteiger partial charge in [-0.1, -0.05) is 29.8 Å². The number of benzene rings is 3. The summed E-state index contributed by atoms with van der Waals surface area (Å²) in [6.07, 6.45) is -3.50. The second-order valence-corrected chi connectivity index (χ2v) is 9.20. The lowest BCUT2D eigenvalue weighted by Crippen LogP contribution is -2.33. The van der Waals surface area contributed by atoms with Gasteiger partial charge in [0.2, 0.25) is 5.75 Å². The third-order valence-electron chi connectivity index (χ3n) is 5.25. The number of ether oxygens (including phenoxy) is 1. The van der Waals surface area contributed by atoms with Crippen LogP contribution in [0.4, 0.5) is 23.7 Å². The fraction of sp³-hybridized carbons (Fsp3) is 0.0800. The monoisotopic (exact) mass is 562 g/mol. The molecule has 38 heavy (non-hydrogen) atoms. The molecule has 0 bridgehead atoms. The van der Waals surface area contributed by atoms with Gasteiger partial charge in [-0.25, -0.2) is 0 Å². The molecule has 8 nitrogen and oxygen atoms in total. The first-order valence-electron chi connectivity index (χ1n) is 10.6. The van der Waals surface area contributed by atoms with Gasteiger partial charge in [0.15, 0.2) is 5.78 Å². The van der Waals surface area contributed by atoms with Gasteiger partial charge >= 0.3 is 11.9 Å². The van der Waals surface area contributed by atoms with Crippen molar-refractivity contribution in [2.45, 2.75) is 6.18 Å². The number of nitro groups is 1. The highest BCUT2D eigenvalue weighted by Gasteiger charge is 2.37. The third-order valence-corrected chi connectivity index (χ3v) is 6.41. The number of nitro benzene ring substituents is 1. The lowest BCUT2D eigenvalue weighted by Gasteiger charge is -2.12. The highest BCUT2D eigenvalue weighted by molar-refractivity contribution is 8.18. The van der Waals surface area contributed by atoms with Gasteiger partial charge in [-0.15, -0.1) is 0 Å². The number of hydrogen-bond acceptors (Lipinski definition) is 7. The Kier molecular flexibility index (Phi) is 7.56. The normalized spacial score (nSPS) is 14.7. The van der Waals surface area contributed by atoms with Crippen molar-refractivity contribution in [2.24, 2.45) is 0 Å². The molecule has 0 aromatic heterocycles. The molecule has 13 heteroatoms. The minimum absolute atomic E-state index is 0.0144. The average Bonchev–Trinajstić information content (AvgIpc) is 3.12. The number of alkyl halides is 3. The summed E-state index contributed by atoms with van der Waals surface area (Å²) in [5.41, 5.74) is -1.65. The quantitative estimate of drug-likeness (QED) is 0.132. The topological polar surface area (TPSA) is 107 Å². The van der Waals surface area contributed by atoms with Crippen LogP contribution in [-0.2, 0) is 11.0 Å². The Balaban J connectivity index is 1.59. The second-order valence-electron chi connectivity index (χ2n) is 7.78. The predicted octanol–water partition coefficient (Wildman–Crippen LogP) is 6.98. The molecule has 1 aliphatic heterocycles. The van der Waals surface area contributed by atoms with Crippen LogP contribution in [0, 0.1) is 10.1 Å². The van der Waals surface area contributed by atoms with Crippen LogP contribution < -0.4 is 4.74 Å². The second kappa shape index (κ2) is 10.7. The fourth-order valence-corrected chi connectivity index (χ4v) is 4.34. The van der Waals surface area contributed by atoms with E-state index < -0.39 is 51.6 Å². The Morgan fingerprint density at radius 1 is 1.05 bits per heavy atom. The van der Waals surface area contributed by atoms with Crippen LogP contribution in [0.5, 0.6) is 11.5 Å². The zero-order chi connectivity index (χ0) is 27.6. The molecule has 194 valence electrons. The van der Waals surface area contributed by atoms with Crippen LogP contribution >= 0.6 is 23.4 Å². The highest BCUT2D eigenvalue weighted by atomic mass is 35.5. The molecule has 3 aromatic carbocycles. The molecule has 0 atom stereocenters. The van der Waals surface area contributed by atoms with Gasteiger partial charge in [0.05, 0.1) is 21.9 Å². The van der Waals surface area contributed by atoms with E-state index in [1.165, 1.54) is 48.5 Å². The van der Waals surface area contributed by atoms with Gasteiger partial charge in [-0.05, 0) is 60.3 Å². The van der Waals surface area contributed by atoms with E-state index in [0.717, 1.165) is 11.0 Å². The summed E-state index contributed by atoms with van der Waals surface area (Å²) in [5, 5.41) is 11.1. The average molecular weight is 563 g/mol. The summed E-state index contributed by atoms with van der Waals surface area (Å²) in [7, 11) is 0. The van der Waals surface area contributed by atoms with Crippen LogP contribution in [0.1, 0.15) is 21.5 Å². The molecular formula is C25H14ClF3N2O6S. The molecule has 0 N–H and O–H groups in total. The molecule has 0 spiro atoms. The lowest BCUT2D eigenvalue weighted by atomic mass is 10.1. The maximum atomic E-state index is 13.0. The molecule has 0 radical (unpaired) electrons. The number of rotatable bonds is 7. The first-order valence-corrected chi connectivity index (χ1v) is 11.8. The number of para-hydroxylation sites is 1. The Morgan fingerprint density at radius 2 is 1.74 bits per heavy atom. The number of nitrogens with zero attached hydrogens (tertiary/aromatic N) is 2. The summed E-state index contributed by atoms with van der Waals surface area (Å²) in [6.45, 7) is -0.500. The van der Waals surface area contributed by atoms with Gasteiger partial charge in [0.25, 0.3) is 11.1 Å². The van der Waals surface area contributed by atoms with Crippen LogP contribution in [0.15, 0.2) is 71.6 Å². The minimum Gasteiger partial charge on any atom is -0.449 e.